The zero-order chi connectivity index (χ0) is 21.7. The molecule has 1 atom stereocenters. The van der Waals surface area contributed by atoms with E-state index in [9.17, 15) is 4.39 Å². The molecule has 3 rings (SSSR count). The zero-order valence-electron chi connectivity index (χ0n) is 18.6. The maximum absolute atomic E-state index is 13.4. The molecule has 0 saturated carbocycles. The van der Waals surface area contributed by atoms with Gasteiger partial charge in [-0.25, -0.2) is 9.37 Å². The molecule has 2 aromatic rings. The molecule has 0 spiro atoms. The molecule has 176 valence electrons. The van der Waals surface area contributed by atoms with Gasteiger partial charge in [0.2, 0.25) is 0 Å². The Morgan fingerprint density at radius 1 is 1.09 bits per heavy atom. The number of morpholine rings is 1. The maximum atomic E-state index is 13.4. The van der Waals surface area contributed by atoms with Crippen LogP contribution in [0.1, 0.15) is 24.4 Å². The van der Waals surface area contributed by atoms with Crippen LogP contribution in [0.5, 0.6) is 0 Å². The number of nitrogens with zero attached hydrogens (tertiary/aromatic N) is 3. The molecule has 1 aliphatic heterocycles. The second-order valence-corrected chi connectivity index (χ2v) is 7.44. The van der Waals surface area contributed by atoms with Crippen LogP contribution >= 0.6 is 24.0 Å². The number of hydrogen-bond donors (Lipinski definition) is 3. The molecule has 1 aliphatic rings. The van der Waals surface area contributed by atoms with Crippen LogP contribution in [0.4, 0.5) is 10.2 Å². The molecule has 0 bridgehead atoms. The van der Waals surface area contributed by atoms with Crippen molar-refractivity contribution in [1.82, 2.24) is 20.5 Å². The lowest BCUT2D eigenvalue weighted by Gasteiger charge is -2.35. The number of guanidine groups is 1. The topological polar surface area (TPSA) is 73.8 Å². The summed E-state index contributed by atoms with van der Waals surface area (Å²) in [7, 11) is 1.78. The lowest BCUT2D eigenvalue weighted by atomic mass is 10.0. The minimum Gasteiger partial charge on any atom is -0.379 e. The van der Waals surface area contributed by atoms with E-state index < -0.39 is 0 Å². The van der Waals surface area contributed by atoms with E-state index in [2.05, 4.69) is 30.8 Å². The van der Waals surface area contributed by atoms with Crippen LogP contribution in [-0.2, 0) is 4.74 Å². The Morgan fingerprint density at radius 2 is 1.84 bits per heavy atom. The van der Waals surface area contributed by atoms with Crippen molar-refractivity contribution in [2.45, 2.75) is 18.9 Å². The second-order valence-electron chi connectivity index (χ2n) is 7.44. The molecule has 2 heterocycles. The van der Waals surface area contributed by atoms with Crippen molar-refractivity contribution in [1.29, 1.82) is 0 Å². The Labute approximate surface area is 207 Å². The number of rotatable bonds is 10. The summed E-state index contributed by atoms with van der Waals surface area (Å²) < 4.78 is 18.9. The van der Waals surface area contributed by atoms with E-state index in [-0.39, 0.29) is 35.8 Å². The first kappa shape index (κ1) is 26.3. The van der Waals surface area contributed by atoms with Gasteiger partial charge in [-0.2, -0.15) is 0 Å². The van der Waals surface area contributed by atoms with Crippen molar-refractivity contribution < 1.29 is 9.13 Å². The highest BCUT2D eigenvalue weighted by atomic mass is 127. The Bertz CT molecular complexity index is 787. The Hall–Kier alpha value is -1.98. The lowest BCUT2D eigenvalue weighted by molar-refractivity contribution is 0.0170. The summed E-state index contributed by atoms with van der Waals surface area (Å²) in [6.07, 6.45) is 3.84. The van der Waals surface area contributed by atoms with E-state index in [1.165, 1.54) is 12.1 Å². The van der Waals surface area contributed by atoms with E-state index in [1.54, 1.807) is 13.2 Å². The maximum Gasteiger partial charge on any atom is 0.191 e. The third-order valence-electron chi connectivity index (χ3n) is 5.29. The predicted molar refractivity (Wildman–Crippen MR) is 138 cm³/mol. The average molecular weight is 556 g/mol. The normalized spacial score (nSPS) is 15.5. The first-order chi connectivity index (χ1) is 15.3. The summed E-state index contributed by atoms with van der Waals surface area (Å²) in [5, 5.41) is 10.1. The van der Waals surface area contributed by atoms with Crippen LogP contribution in [0.3, 0.4) is 0 Å². The number of anilines is 1. The number of unbranched alkanes of at least 4 members (excludes halogenated alkanes) is 1. The van der Waals surface area contributed by atoms with Crippen LogP contribution < -0.4 is 16.0 Å². The third-order valence-corrected chi connectivity index (χ3v) is 5.29. The number of pyridine rings is 1. The number of benzene rings is 1. The van der Waals surface area contributed by atoms with Crippen molar-refractivity contribution in [3.8, 4) is 0 Å². The Balaban J connectivity index is 0.00000363. The predicted octanol–water partition coefficient (Wildman–Crippen LogP) is 3.27. The van der Waals surface area contributed by atoms with Crippen LogP contribution in [0.2, 0.25) is 0 Å². The summed E-state index contributed by atoms with van der Waals surface area (Å²) in [6, 6.07) is 12.8. The first-order valence-electron chi connectivity index (χ1n) is 10.9. The van der Waals surface area contributed by atoms with E-state index >= 15 is 0 Å². The quantitative estimate of drug-likeness (QED) is 0.181. The molecule has 7 nitrogen and oxygen atoms in total. The molecule has 0 amide bonds. The van der Waals surface area contributed by atoms with Crippen LogP contribution in [-0.4, -0.2) is 68.8 Å². The number of aliphatic imine (C=N–C) groups is 1. The second kappa shape index (κ2) is 15.0. The van der Waals surface area contributed by atoms with E-state index in [4.69, 9.17) is 4.74 Å². The fourth-order valence-corrected chi connectivity index (χ4v) is 3.59. The first-order valence-corrected chi connectivity index (χ1v) is 10.9. The van der Waals surface area contributed by atoms with Gasteiger partial charge in [0.1, 0.15) is 11.6 Å². The number of halogens is 2. The van der Waals surface area contributed by atoms with Gasteiger partial charge in [-0.3, -0.25) is 9.89 Å². The van der Waals surface area contributed by atoms with E-state index in [0.29, 0.717) is 6.54 Å². The monoisotopic (exact) mass is 556 g/mol. The standard InChI is InChI=1S/C23H33FN6O.HI/c1-25-23(28-13-5-4-12-27-22-6-2-3-11-26-22)29-18-21(30-14-16-31-17-15-30)19-7-9-20(24)10-8-19;/h2-3,6-11,21H,4-5,12-18H2,1H3,(H,26,27)(H2,25,28,29);1H. The molecule has 1 aromatic carbocycles. The molecular formula is C23H34FIN6O. The summed E-state index contributed by atoms with van der Waals surface area (Å²) in [4.78, 5) is 11.0. The van der Waals surface area contributed by atoms with Gasteiger partial charge >= 0.3 is 0 Å². The highest BCUT2D eigenvalue weighted by Gasteiger charge is 2.23. The van der Waals surface area contributed by atoms with Crippen molar-refractivity contribution in [3.63, 3.8) is 0 Å². The molecule has 9 heteroatoms. The highest BCUT2D eigenvalue weighted by molar-refractivity contribution is 14.0. The van der Waals surface area contributed by atoms with Gasteiger partial charge in [0, 0.05) is 46.0 Å². The smallest absolute Gasteiger partial charge is 0.191 e. The summed E-state index contributed by atoms with van der Waals surface area (Å²) in [5.41, 5.74) is 1.09. The number of nitrogens with one attached hydrogen (secondary N) is 3. The molecule has 0 aliphatic carbocycles. The van der Waals surface area contributed by atoms with Gasteiger partial charge in [0.15, 0.2) is 5.96 Å². The average Bonchev–Trinajstić information content (AvgIpc) is 2.82. The van der Waals surface area contributed by atoms with Gasteiger partial charge in [0.05, 0.1) is 19.3 Å². The third kappa shape index (κ3) is 8.87. The minimum absolute atomic E-state index is 0. The number of ether oxygens (including phenoxy) is 1. The Morgan fingerprint density at radius 3 is 2.53 bits per heavy atom. The molecule has 0 radical (unpaired) electrons. The largest absolute Gasteiger partial charge is 0.379 e. The van der Waals surface area contributed by atoms with Gasteiger partial charge in [-0.15, -0.1) is 24.0 Å². The fraction of sp³-hybridized carbons (Fsp3) is 0.478. The molecule has 1 fully saturated rings. The highest BCUT2D eigenvalue weighted by Crippen LogP contribution is 2.21. The van der Waals surface area contributed by atoms with Crippen molar-refractivity contribution >= 4 is 35.8 Å². The zero-order valence-corrected chi connectivity index (χ0v) is 20.9. The SMILES string of the molecule is CN=C(NCCCCNc1ccccn1)NCC(c1ccc(F)cc1)N1CCOCC1.I. The Kier molecular flexibility index (Phi) is 12.3. The van der Waals surface area contributed by atoms with Crippen LogP contribution in [0, 0.1) is 5.82 Å². The van der Waals surface area contributed by atoms with E-state index in [1.807, 2.05) is 30.3 Å². The molecule has 32 heavy (non-hydrogen) atoms. The molecule has 1 aromatic heterocycles. The molecular weight excluding hydrogens is 522 g/mol. The molecule has 1 saturated heterocycles. The summed E-state index contributed by atoms with van der Waals surface area (Å²) >= 11 is 0. The molecule has 3 N–H and O–H groups in total. The van der Waals surface area contributed by atoms with Crippen LogP contribution in [0.15, 0.2) is 53.7 Å². The fourth-order valence-electron chi connectivity index (χ4n) is 3.59. The summed E-state index contributed by atoms with van der Waals surface area (Å²) in [5.74, 6) is 1.47. The summed E-state index contributed by atoms with van der Waals surface area (Å²) in [6.45, 7) is 5.57. The van der Waals surface area contributed by atoms with Crippen molar-refractivity contribution in [2.24, 2.45) is 4.99 Å². The van der Waals surface area contributed by atoms with Crippen LogP contribution in [0.25, 0.3) is 0 Å². The molecule has 1 unspecified atom stereocenters. The van der Waals surface area contributed by atoms with Crippen molar-refractivity contribution in [3.05, 3.63) is 60.0 Å². The van der Waals surface area contributed by atoms with Gasteiger partial charge in [-0.05, 0) is 42.7 Å². The number of aromatic nitrogens is 1. The van der Waals surface area contributed by atoms with Gasteiger partial charge in [0.25, 0.3) is 0 Å². The van der Waals surface area contributed by atoms with Gasteiger partial charge < -0.3 is 20.7 Å². The lowest BCUT2D eigenvalue weighted by Crippen LogP contribution is -2.46. The number of hydrogen-bond acceptors (Lipinski definition) is 5. The van der Waals surface area contributed by atoms with Gasteiger partial charge in [-0.1, -0.05) is 18.2 Å². The van der Waals surface area contributed by atoms with E-state index in [0.717, 1.165) is 69.6 Å². The van der Waals surface area contributed by atoms with Crippen molar-refractivity contribution in [2.75, 3.05) is 58.3 Å². The minimum atomic E-state index is -0.215.